The van der Waals surface area contributed by atoms with Gasteiger partial charge in [0.05, 0.1) is 20.7 Å². The number of nitrogens with one attached hydrogen (secondary N) is 1. The molecule has 2 amide bonds. The molecule has 0 radical (unpaired) electrons. The quantitative estimate of drug-likeness (QED) is 0.319. The normalized spacial score (nSPS) is 11.8. The molecular weight excluding hydrogens is 485 g/mol. The van der Waals surface area contributed by atoms with Gasteiger partial charge in [0.2, 0.25) is 11.8 Å². The molecule has 33 heavy (non-hydrogen) atoms. The van der Waals surface area contributed by atoms with Gasteiger partial charge in [0.25, 0.3) is 5.69 Å². The number of halogens is 2. The first-order chi connectivity index (χ1) is 15.6. The second-order valence-corrected chi connectivity index (χ2v) is 9.57. The van der Waals surface area contributed by atoms with E-state index in [1.165, 1.54) is 23.9 Å². The maximum Gasteiger partial charge on any atom is 0.269 e. The van der Waals surface area contributed by atoms with Crippen molar-refractivity contribution < 1.29 is 14.5 Å². The van der Waals surface area contributed by atoms with Gasteiger partial charge >= 0.3 is 0 Å². The predicted molar refractivity (Wildman–Crippen MR) is 134 cm³/mol. The summed E-state index contributed by atoms with van der Waals surface area (Å²) in [7, 11) is 0. The van der Waals surface area contributed by atoms with Gasteiger partial charge in [-0.15, -0.1) is 11.8 Å². The van der Waals surface area contributed by atoms with Crippen LogP contribution < -0.4 is 5.32 Å². The topological polar surface area (TPSA) is 92.6 Å². The van der Waals surface area contributed by atoms with Crippen LogP contribution in [0.5, 0.6) is 0 Å². The van der Waals surface area contributed by atoms with Crippen molar-refractivity contribution in [3.8, 4) is 0 Å². The summed E-state index contributed by atoms with van der Waals surface area (Å²) >= 11 is 13.5. The van der Waals surface area contributed by atoms with Gasteiger partial charge < -0.3 is 10.2 Å². The number of nitro groups is 1. The van der Waals surface area contributed by atoms with Crippen LogP contribution in [0, 0.1) is 10.1 Å². The highest BCUT2D eigenvalue weighted by molar-refractivity contribution is 7.99. The summed E-state index contributed by atoms with van der Waals surface area (Å²) < 4.78 is 0. The number of benzene rings is 2. The fourth-order valence-corrected chi connectivity index (χ4v) is 4.38. The molecule has 1 unspecified atom stereocenters. The molecule has 2 aromatic rings. The van der Waals surface area contributed by atoms with Crippen LogP contribution in [-0.4, -0.2) is 39.5 Å². The van der Waals surface area contributed by atoms with E-state index in [1.54, 1.807) is 35.2 Å². The zero-order valence-electron chi connectivity index (χ0n) is 18.7. The number of rotatable bonds is 11. The Morgan fingerprint density at radius 1 is 1.09 bits per heavy atom. The number of amides is 2. The summed E-state index contributed by atoms with van der Waals surface area (Å²) in [5, 5.41) is 14.5. The minimum Gasteiger partial charge on any atom is -0.352 e. The Morgan fingerprint density at radius 2 is 1.73 bits per heavy atom. The molecule has 0 aliphatic carbocycles. The second-order valence-electron chi connectivity index (χ2n) is 7.77. The van der Waals surface area contributed by atoms with Crippen molar-refractivity contribution in [3.63, 3.8) is 0 Å². The third-order valence-electron chi connectivity index (χ3n) is 4.80. The van der Waals surface area contributed by atoms with Gasteiger partial charge in [-0.2, -0.15) is 0 Å². The van der Waals surface area contributed by atoms with Crippen LogP contribution in [0.15, 0.2) is 42.5 Å². The molecular formula is C23H27Cl2N3O4S. The molecule has 0 heterocycles. The molecule has 0 fully saturated rings. The molecule has 1 N–H and O–H groups in total. The molecule has 2 aromatic carbocycles. The van der Waals surface area contributed by atoms with Crippen molar-refractivity contribution in [2.24, 2.45) is 0 Å². The zero-order chi connectivity index (χ0) is 24.5. The summed E-state index contributed by atoms with van der Waals surface area (Å²) in [6.45, 7) is 5.83. The molecule has 0 aliphatic heterocycles. The molecule has 0 aliphatic rings. The molecule has 0 bridgehead atoms. The van der Waals surface area contributed by atoms with Crippen LogP contribution in [-0.2, 0) is 21.9 Å². The average Bonchev–Trinajstić information content (AvgIpc) is 2.75. The highest BCUT2D eigenvalue weighted by Gasteiger charge is 2.29. The lowest BCUT2D eigenvalue weighted by molar-refractivity contribution is -0.384. The van der Waals surface area contributed by atoms with Crippen LogP contribution in [0.2, 0.25) is 10.0 Å². The molecule has 7 nitrogen and oxygen atoms in total. The van der Waals surface area contributed by atoms with E-state index in [-0.39, 0.29) is 35.8 Å². The van der Waals surface area contributed by atoms with Crippen LogP contribution in [0.1, 0.15) is 38.3 Å². The van der Waals surface area contributed by atoms with Crippen molar-refractivity contribution in [2.75, 3.05) is 5.75 Å². The maximum atomic E-state index is 13.2. The minimum absolute atomic E-state index is 0.0228. The first kappa shape index (κ1) is 27.0. The highest BCUT2D eigenvalue weighted by Crippen LogP contribution is 2.25. The van der Waals surface area contributed by atoms with E-state index in [0.717, 1.165) is 11.1 Å². The number of hydrogen-bond acceptors (Lipinski definition) is 5. The summed E-state index contributed by atoms with van der Waals surface area (Å²) in [4.78, 5) is 37.9. The van der Waals surface area contributed by atoms with Crippen molar-refractivity contribution in [3.05, 3.63) is 73.8 Å². The molecule has 10 heteroatoms. The first-order valence-electron chi connectivity index (χ1n) is 10.5. The van der Waals surface area contributed by atoms with Crippen LogP contribution in [0.3, 0.4) is 0 Å². The third-order valence-corrected chi connectivity index (χ3v) is 6.52. The van der Waals surface area contributed by atoms with Gasteiger partial charge in [-0.3, -0.25) is 19.7 Å². The molecule has 0 saturated heterocycles. The van der Waals surface area contributed by atoms with Gasteiger partial charge in [0, 0.05) is 30.5 Å². The van der Waals surface area contributed by atoms with E-state index >= 15 is 0 Å². The number of nitro benzene ring substituents is 1. The monoisotopic (exact) mass is 511 g/mol. The van der Waals surface area contributed by atoms with Gasteiger partial charge in [-0.25, -0.2) is 0 Å². The fourth-order valence-electron chi connectivity index (χ4n) is 3.19. The van der Waals surface area contributed by atoms with E-state index in [9.17, 15) is 19.7 Å². The number of carbonyl (C=O) groups is 2. The Labute approximate surface area is 208 Å². The lowest BCUT2D eigenvalue weighted by Gasteiger charge is -2.31. The van der Waals surface area contributed by atoms with E-state index in [2.05, 4.69) is 5.32 Å². The van der Waals surface area contributed by atoms with Crippen molar-refractivity contribution in [2.45, 2.75) is 51.6 Å². The number of hydrogen-bond donors (Lipinski definition) is 1. The smallest absolute Gasteiger partial charge is 0.269 e. The Bertz CT molecular complexity index is 986. The SMILES string of the molecule is CCC(C(=O)NC(C)C)N(Cc1ccc(Cl)c(Cl)c1)C(=O)CSCc1ccc([N+](=O)[O-])cc1. The molecule has 0 spiro atoms. The third kappa shape index (κ3) is 8.21. The Hall–Kier alpha value is -2.29. The van der Waals surface area contributed by atoms with Gasteiger partial charge in [-0.1, -0.05) is 48.3 Å². The molecule has 178 valence electrons. The molecule has 0 aromatic heterocycles. The first-order valence-corrected chi connectivity index (χ1v) is 12.4. The zero-order valence-corrected chi connectivity index (χ0v) is 21.0. The summed E-state index contributed by atoms with van der Waals surface area (Å²) in [5.41, 5.74) is 1.67. The fraction of sp³-hybridized carbons (Fsp3) is 0.391. The van der Waals surface area contributed by atoms with Crippen molar-refractivity contribution in [1.29, 1.82) is 0 Å². The second kappa shape index (κ2) is 12.8. The Balaban J connectivity index is 2.14. The van der Waals surface area contributed by atoms with E-state index in [0.29, 0.717) is 22.2 Å². The number of non-ortho nitro benzene ring substituents is 1. The number of carbonyl (C=O) groups excluding carboxylic acids is 2. The van der Waals surface area contributed by atoms with E-state index < -0.39 is 11.0 Å². The van der Waals surface area contributed by atoms with Crippen LogP contribution in [0.25, 0.3) is 0 Å². The van der Waals surface area contributed by atoms with Gasteiger partial charge in [0.15, 0.2) is 0 Å². The lowest BCUT2D eigenvalue weighted by Crippen LogP contribution is -2.50. The number of nitrogens with zero attached hydrogens (tertiary/aromatic N) is 2. The average molecular weight is 512 g/mol. The summed E-state index contributed by atoms with van der Waals surface area (Å²) in [5.74, 6) is 0.281. The van der Waals surface area contributed by atoms with Crippen molar-refractivity contribution >= 4 is 52.5 Å². The summed E-state index contributed by atoms with van der Waals surface area (Å²) in [6, 6.07) is 10.7. The van der Waals surface area contributed by atoms with Crippen molar-refractivity contribution in [1.82, 2.24) is 10.2 Å². The Morgan fingerprint density at radius 3 is 2.27 bits per heavy atom. The molecule has 0 saturated carbocycles. The predicted octanol–water partition coefficient (Wildman–Crippen LogP) is 5.47. The van der Waals surface area contributed by atoms with Gasteiger partial charge in [0.1, 0.15) is 6.04 Å². The highest BCUT2D eigenvalue weighted by atomic mass is 35.5. The summed E-state index contributed by atoms with van der Waals surface area (Å²) in [6.07, 6.45) is 0.457. The standard InChI is InChI=1S/C23H27Cl2N3O4S/c1-4-21(23(30)26-15(2)3)27(12-17-7-10-19(24)20(25)11-17)22(29)14-33-13-16-5-8-18(9-6-16)28(31)32/h5-11,15,21H,4,12-14H2,1-3H3,(H,26,30). The number of thioether (sulfide) groups is 1. The van der Waals surface area contributed by atoms with Crippen LogP contribution in [0.4, 0.5) is 5.69 Å². The van der Waals surface area contributed by atoms with E-state index in [4.69, 9.17) is 23.2 Å². The maximum absolute atomic E-state index is 13.2. The van der Waals surface area contributed by atoms with Crippen LogP contribution >= 0.6 is 35.0 Å². The van der Waals surface area contributed by atoms with E-state index in [1.807, 2.05) is 20.8 Å². The molecule has 2 rings (SSSR count). The van der Waals surface area contributed by atoms with Gasteiger partial charge in [-0.05, 0) is 43.5 Å². The lowest BCUT2D eigenvalue weighted by atomic mass is 10.1. The minimum atomic E-state index is -0.630. The molecule has 1 atom stereocenters. The largest absolute Gasteiger partial charge is 0.352 e. The Kier molecular flexibility index (Phi) is 10.5.